The van der Waals surface area contributed by atoms with Gasteiger partial charge in [-0.3, -0.25) is 4.79 Å². The molecule has 0 unspecified atom stereocenters. The Kier molecular flexibility index (Phi) is 5.03. The molecule has 0 spiro atoms. The van der Waals surface area contributed by atoms with Gasteiger partial charge >= 0.3 is 0 Å². The number of nitrogens with zero attached hydrogens (tertiary/aromatic N) is 2. The first-order valence-corrected chi connectivity index (χ1v) is 9.69. The van der Waals surface area contributed by atoms with Crippen LogP contribution >= 0.6 is 23.1 Å². The Bertz CT molecular complexity index is 822. The van der Waals surface area contributed by atoms with E-state index in [0.29, 0.717) is 13.1 Å². The first-order valence-electron chi connectivity index (χ1n) is 7.42. The number of aromatic nitrogens is 2. The maximum absolute atomic E-state index is 12.4. The summed E-state index contributed by atoms with van der Waals surface area (Å²) in [6.07, 6.45) is 2.04. The number of thiophene rings is 1. The molecule has 2 aromatic heterocycles. The summed E-state index contributed by atoms with van der Waals surface area (Å²) < 4.78 is 2.02. The molecule has 1 amide bonds. The van der Waals surface area contributed by atoms with Crippen LogP contribution in [0.5, 0.6) is 0 Å². The second-order valence-electron chi connectivity index (χ2n) is 5.34. The summed E-state index contributed by atoms with van der Waals surface area (Å²) in [7, 11) is 0. The Morgan fingerprint density at radius 1 is 1.35 bits per heavy atom. The highest BCUT2D eigenvalue weighted by molar-refractivity contribution is 7.97. The average Bonchev–Trinajstić information content (AvgIpc) is 3.10. The molecule has 23 heavy (non-hydrogen) atoms. The van der Waals surface area contributed by atoms with Gasteiger partial charge in [0.15, 0.2) is 0 Å². The number of benzene rings is 1. The van der Waals surface area contributed by atoms with Crippen molar-refractivity contribution >= 4 is 40.0 Å². The molecule has 0 aliphatic heterocycles. The van der Waals surface area contributed by atoms with Crippen LogP contribution in [0, 0.1) is 6.92 Å². The molecule has 0 atom stereocenters. The summed E-state index contributed by atoms with van der Waals surface area (Å²) >= 11 is 3.39. The number of amides is 1. The van der Waals surface area contributed by atoms with E-state index in [9.17, 15) is 4.79 Å². The highest BCUT2D eigenvalue weighted by atomic mass is 32.2. The SMILES string of the molecule is CSCc1nc2ccccc2n1CC(=O)NCc1sccc1C. The molecule has 0 saturated carbocycles. The summed E-state index contributed by atoms with van der Waals surface area (Å²) in [5, 5.41) is 5.07. The third-order valence-corrected chi connectivity index (χ3v) is 5.29. The Morgan fingerprint density at radius 3 is 2.91 bits per heavy atom. The largest absolute Gasteiger partial charge is 0.350 e. The quantitative estimate of drug-likeness (QED) is 0.743. The van der Waals surface area contributed by atoms with Gasteiger partial charge in [-0.05, 0) is 42.3 Å². The van der Waals surface area contributed by atoms with Crippen LogP contribution in [0.3, 0.4) is 0 Å². The predicted molar refractivity (Wildman–Crippen MR) is 97.9 cm³/mol. The van der Waals surface area contributed by atoms with Crippen LogP contribution in [0.4, 0.5) is 0 Å². The molecule has 3 rings (SSSR count). The van der Waals surface area contributed by atoms with E-state index in [1.807, 2.05) is 35.1 Å². The van der Waals surface area contributed by atoms with Crippen molar-refractivity contribution < 1.29 is 4.79 Å². The minimum Gasteiger partial charge on any atom is -0.350 e. The van der Waals surface area contributed by atoms with Gasteiger partial charge in [0, 0.05) is 4.88 Å². The standard InChI is InChI=1S/C17H19N3OS2/c1-12-7-8-23-15(12)9-18-17(21)10-20-14-6-4-3-5-13(14)19-16(20)11-22-2/h3-8H,9-11H2,1-2H3,(H,18,21). The van der Waals surface area contributed by atoms with Gasteiger partial charge in [0.1, 0.15) is 12.4 Å². The molecule has 3 aromatic rings. The number of imidazole rings is 1. The normalized spacial score (nSPS) is 11.0. The highest BCUT2D eigenvalue weighted by Gasteiger charge is 2.13. The van der Waals surface area contributed by atoms with Crippen molar-refractivity contribution in [2.45, 2.75) is 25.8 Å². The lowest BCUT2D eigenvalue weighted by molar-refractivity contribution is -0.121. The van der Waals surface area contributed by atoms with Crippen molar-refractivity contribution in [1.82, 2.24) is 14.9 Å². The number of para-hydroxylation sites is 2. The monoisotopic (exact) mass is 345 g/mol. The van der Waals surface area contributed by atoms with E-state index in [1.165, 1.54) is 10.4 Å². The van der Waals surface area contributed by atoms with Crippen molar-refractivity contribution in [1.29, 1.82) is 0 Å². The van der Waals surface area contributed by atoms with E-state index in [4.69, 9.17) is 0 Å². The number of nitrogens with one attached hydrogen (secondary N) is 1. The minimum absolute atomic E-state index is 0.0170. The summed E-state index contributed by atoms with van der Waals surface area (Å²) in [6, 6.07) is 10.0. The van der Waals surface area contributed by atoms with Gasteiger partial charge in [0.2, 0.25) is 5.91 Å². The summed E-state index contributed by atoms with van der Waals surface area (Å²) in [6.45, 7) is 2.96. The third-order valence-electron chi connectivity index (χ3n) is 3.72. The summed E-state index contributed by atoms with van der Waals surface area (Å²) in [4.78, 5) is 18.2. The number of hydrogen-bond donors (Lipinski definition) is 1. The van der Waals surface area contributed by atoms with E-state index in [0.717, 1.165) is 22.6 Å². The molecular weight excluding hydrogens is 326 g/mol. The Labute approximate surface area is 143 Å². The first kappa shape index (κ1) is 16.1. The van der Waals surface area contributed by atoms with Gasteiger partial charge < -0.3 is 9.88 Å². The molecule has 6 heteroatoms. The average molecular weight is 345 g/mol. The molecule has 120 valence electrons. The molecule has 0 radical (unpaired) electrons. The number of aryl methyl sites for hydroxylation is 1. The maximum atomic E-state index is 12.4. The van der Waals surface area contributed by atoms with Crippen LogP contribution in [0.2, 0.25) is 0 Å². The lowest BCUT2D eigenvalue weighted by Gasteiger charge is -2.09. The Morgan fingerprint density at radius 2 is 2.17 bits per heavy atom. The summed E-state index contributed by atoms with van der Waals surface area (Å²) in [5.41, 5.74) is 3.18. The second-order valence-corrected chi connectivity index (χ2v) is 7.21. The van der Waals surface area contributed by atoms with Gasteiger partial charge in [-0.25, -0.2) is 4.98 Å². The highest BCUT2D eigenvalue weighted by Crippen LogP contribution is 2.19. The van der Waals surface area contributed by atoms with E-state index in [-0.39, 0.29) is 5.91 Å². The molecule has 2 heterocycles. The van der Waals surface area contributed by atoms with Gasteiger partial charge in [0.25, 0.3) is 0 Å². The van der Waals surface area contributed by atoms with Crippen LogP contribution in [0.15, 0.2) is 35.7 Å². The number of carbonyl (C=O) groups is 1. The zero-order chi connectivity index (χ0) is 16.2. The zero-order valence-corrected chi connectivity index (χ0v) is 14.8. The van der Waals surface area contributed by atoms with Gasteiger partial charge in [-0.15, -0.1) is 11.3 Å². The fraction of sp³-hybridized carbons (Fsp3) is 0.294. The fourth-order valence-corrected chi connectivity index (χ4v) is 3.83. The Hall–Kier alpha value is -1.79. The second kappa shape index (κ2) is 7.19. The number of rotatable bonds is 6. The fourth-order valence-electron chi connectivity index (χ4n) is 2.50. The lowest BCUT2D eigenvalue weighted by atomic mass is 10.3. The molecule has 0 bridgehead atoms. The molecule has 0 aliphatic carbocycles. The van der Waals surface area contributed by atoms with Crippen molar-refractivity contribution in [2.75, 3.05) is 6.26 Å². The number of fused-ring (bicyclic) bond motifs is 1. The number of thioether (sulfide) groups is 1. The van der Waals surface area contributed by atoms with Crippen LogP contribution in [-0.4, -0.2) is 21.7 Å². The van der Waals surface area contributed by atoms with Gasteiger partial charge in [-0.2, -0.15) is 11.8 Å². The van der Waals surface area contributed by atoms with Crippen LogP contribution in [0.25, 0.3) is 11.0 Å². The Balaban J connectivity index is 1.76. The molecule has 4 nitrogen and oxygen atoms in total. The van der Waals surface area contributed by atoms with E-state index < -0.39 is 0 Å². The van der Waals surface area contributed by atoms with Crippen LogP contribution in [0.1, 0.15) is 16.3 Å². The van der Waals surface area contributed by atoms with E-state index in [2.05, 4.69) is 28.7 Å². The zero-order valence-electron chi connectivity index (χ0n) is 13.2. The lowest BCUT2D eigenvalue weighted by Crippen LogP contribution is -2.27. The predicted octanol–water partition coefficient (Wildman–Crippen LogP) is 3.59. The van der Waals surface area contributed by atoms with E-state index in [1.54, 1.807) is 23.1 Å². The van der Waals surface area contributed by atoms with E-state index >= 15 is 0 Å². The smallest absolute Gasteiger partial charge is 0.240 e. The third kappa shape index (κ3) is 3.59. The maximum Gasteiger partial charge on any atom is 0.240 e. The van der Waals surface area contributed by atoms with Crippen molar-refractivity contribution in [3.63, 3.8) is 0 Å². The van der Waals surface area contributed by atoms with Crippen molar-refractivity contribution in [3.8, 4) is 0 Å². The molecule has 1 N–H and O–H groups in total. The van der Waals surface area contributed by atoms with Gasteiger partial charge in [-0.1, -0.05) is 12.1 Å². The van der Waals surface area contributed by atoms with Crippen molar-refractivity contribution in [3.05, 3.63) is 52.0 Å². The minimum atomic E-state index is 0.0170. The first-order chi connectivity index (χ1) is 11.2. The van der Waals surface area contributed by atoms with Gasteiger partial charge in [0.05, 0.1) is 23.3 Å². The molecule has 0 saturated heterocycles. The van der Waals surface area contributed by atoms with Crippen LogP contribution in [-0.2, 0) is 23.6 Å². The molecular formula is C17H19N3OS2. The summed E-state index contributed by atoms with van der Waals surface area (Å²) in [5.74, 6) is 1.76. The topological polar surface area (TPSA) is 46.9 Å². The number of carbonyl (C=O) groups excluding carboxylic acids is 1. The van der Waals surface area contributed by atoms with Crippen molar-refractivity contribution in [2.24, 2.45) is 0 Å². The molecule has 0 fully saturated rings. The number of hydrogen-bond acceptors (Lipinski definition) is 4. The molecule has 1 aromatic carbocycles. The van der Waals surface area contributed by atoms with Crippen LogP contribution < -0.4 is 5.32 Å². The molecule has 0 aliphatic rings.